The van der Waals surface area contributed by atoms with Gasteiger partial charge in [0, 0.05) is 23.1 Å². The van der Waals surface area contributed by atoms with Gasteiger partial charge >= 0.3 is 0 Å². The molecule has 6 rings (SSSR count). The summed E-state index contributed by atoms with van der Waals surface area (Å²) in [5.41, 5.74) is 3.68. The van der Waals surface area contributed by atoms with Crippen LogP contribution in [0.3, 0.4) is 0 Å². The van der Waals surface area contributed by atoms with E-state index in [0.29, 0.717) is 12.0 Å². The smallest absolute Gasteiger partial charge is 0.252 e. The Bertz CT molecular complexity index is 1930. The van der Waals surface area contributed by atoms with E-state index in [1.165, 1.54) is 0 Å². The first kappa shape index (κ1) is 27.8. The van der Waals surface area contributed by atoms with Crippen molar-refractivity contribution in [2.45, 2.75) is 37.1 Å². The number of amides is 1. The number of carbonyl (C=O) groups excluding carboxylic acids is 1. The number of rotatable bonds is 9. The summed E-state index contributed by atoms with van der Waals surface area (Å²) in [6, 6.07) is 29.7. The molecular weight excluding hydrogens is 546 g/mol. The Morgan fingerprint density at radius 1 is 0.881 bits per heavy atom. The summed E-state index contributed by atoms with van der Waals surface area (Å²) in [6.45, 7) is 4.06. The van der Waals surface area contributed by atoms with E-state index in [1.807, 2.05) is 98.8 Å². The topological polar surface area (TPSA) is 111 Å². The zero-order valence-electron chi connectivity index (χ0n) is 23.5. The third-order valence-electron chi connectivity index (χ3n) is 8.02. The van der Waals surface area contributed by atoms with Crippen LogP contribution in [0.15, 0.2) is 113 Å². The number of para-hydroxylation sites is 1. The van der Waals surface area contributed by atoms with Gasteiger partial charge in [-0.1, -0.05) is 92.7 Å². The number of aliphatic hydroxyl groups is 1. The lowest BCUT2D eigenvalue weighted by Crippen LogP contribution is -2.33. The van der Waals surface area contributed by atoms with E-state index in [4.69, 9.17) is 0 Å². The number of aromatic amines is 1. The molecule has 0 radical (unpaired) electrons. The molecule has 0 saturated heterocycles. The van der Waals surface area contributed by atoms with Crippen molar-refractivity contribution in [1.29, 1.82) is 0 Å². The molecule has 2 heterocycles. The zero-order chi connectivity index (χ0) is 29.4. The van der Waals surface area contributed by atoms with E-state index in [9.17, 15) is 18.3 Å². The maximum Gasteiger partial charge on any atom is 0.252 e. The molecule has 0 spiro atoms. The van der Waals surface area contributed by atoms with Gasteiger partial charge in [-0.2, -0.15) is 0 Å². The van der Waals surface area contributed by atoms with Crippen LogP contribution in [0.5, 0.6) is 0 Å². The average molecular weight is 580 g/mol. The third-order valence-corrected chi connectivity index (χ3v) is 9.48. The fourth-order valence-electron chi connectivity index (χ4n) is 5.92. The van der Waals surface area contributed by atoms with Crippen molar-refractivity contribution < 1.29 is 18.3 Å². The molecule has 42 heavy (non-hydrogen) atoms. The van der Waals surface area contributed by atoms with Gasteiger partial charge in [0.15, 0.2) is 0 Å². The second-order valence-electron chi connectivity index (χ2n) is 11.1. The number of benzene rings is 4. The average Bonchev–Trinajstić information content (AvgIpc) is 3.50. The van der Waals surface area contributed by atoms with Crippen LogP contribution in [0.25, 0.3) is 21.7 Å². The van der Waals surface area contributed by atoms with Gasteiger partial charge in [-0.15, -0.1) is 0 Å². The molecular formula is C34H33N3O4S. The normalized spacial score (nSPS) is 16.5. The van der Waals surface area contributed by atoms with Gasteiger partial charge in [0.2, 0.25) is 10.0 Å². The minimum Gasteiger partial charge on any atom is -0.510 e. The van der Waals surface area contributed by atoms with Crippen LogP contribution in [-0.2, 0) is 21.2 Å². The Balaban J connectivity index is 1.39. The lowest BCUT2D eigenvalue weighted by atomic mass is 9.84. The fourth-order valence-corrected chi connectivity index (χ4v) is 6.99. The van der Waals surface area contributed by atoms with E-state index < -0.39 is 22.0 Å². The molecule has 214 valence electrons. The number of fused-ring (bicyclic) bond motifs is 2. The highest BCUT2D eigenvalue weighted by Gasteiger charge is 2.40. The van der Waals surface area contributed by atoms with E-state index in [2.05, 4.69) is 15.0 Å². The molecule has 1 amide bonds. The molecule has 0 bridgehead atoms. The number of hydrogen-bond acceptors (Lipinski definition) is 4. The highest BCUT2D eigenvalue weighted by molar-refractivity contribution is 7.89. The van der Waals surface area contributed by atoms with Crippen molar-refractivity contribution in [3.05, 3.63) is 125 Å². The van der Waals surface area contributed by atoms with Crippen LogP contribution >= 0.6 is 0 Å². The molecule has 7 nitrogen and oxygen atoms in total. The number of hydrogen-bond donors (Lipinski definition) is 4. The molecule has 2 atom stereocenters. The maximum atomic E-state index is 13.4. The van der Waals surface area contributed by atoms with Crippen LogP contribution in [0.4, 0.5) is 0 Å². The van der Waals surface area contributed by atoms with Crippen molar-refractivity contribution >= 4 is 37.6 Å². The van der Waals surface area contributed by atoms with Crippen molar-refractivity contribution in [3.63, 3.8) is 0 Å². The summed E-state index contributed by atoms with van der Waals surface area (Å²) in [5.74, 6) is -0.823. The van der Waals surface area contributed by atoms with Crippen LogP contribution in [0, 0.1) is 5.92 Å². The van der Waals surface area contributed by atoms with Gasteiger partial charge in [0.25, 0.3) is 5.91 Å². The number of carbonyl (C=O) groups is 1. The summed E-state index contributed by atoms with van der Waals surface area (Å²) in [4.78, 5) is 17.1. The number of aliphatic hydroxyl groups excluding tert-OH is 1. The molecule has 5 aromatic rings. The highest BCUT2D eigenvalue weighted by atomic mass is 32.2. The number of nitrogens with one attached hydrogen (secondary N) is 3. The van der Waals surface area contributed by atoms with Gasteiger partial charge in [-0.05, 0) is 52.4 Å². The van der Waals surface area contributed by atoms with Gasteiger partial charge in [0.1, 0.15) is 5.76 Å². The fraction of sp³-hybridized carbons (Fsp3) is 0.206. The number of H-pyrrole nitrogens is 1. The maximum absolute atomic E-state index is 13.4. The molecule has 1 aliphatic rings. The van der Waals surface area contributed by atoms with Crippen LogP contribution < -0.4 is 10.0 Å². The molecule has 1 aromatic heterocycles. The molecule has 0 saturated carbocycles. The third kappa shape index (κ3) is 5.08. The summed E-state index contributed by atoms with van der Waals surface area (Å²) >= 11 is 0. The Morgan fingerprint density at radius 2 is 1.57 bits per heavy atom. The van der Waals surface area contributed by atoms with Crippen molar-refractivity contribution in [2.75, 3.05) is 6.54 Å². The Hall–Kier alpha value is -4.40. The zero-order valence-corrected chi connectivity index (χ0v) is 24.3. The lowest BCUT2D eigenvalue weighted by molar-refractivity contribution is -0.117. The van der Waals surface area contributed by atoms with Gasteiger partial charge in [-0.3, -0.25) is 4.79 Å². The number of aromatic nitrogens is 1. The molecule has 4 N–H and O–H groups in total. The molecule has 2 unspecified atom stereocenters. The second kappa shape index (κ2) is 11.1. The first-order valence-corrected chi connectivity index (χ1v) is 15.6. The monoisotopic (exact) mass is 579 g/mol. The summed E-state index contributed by atoms with van der Waals surface area (Å²) in [6.07, 6.45) is 0.374. The lowest BCUT2D eigenvalue weighted by Gasteiger charge is -2.20. The minimum absolute atomic E-state index is 0.00886. The quantitative estimate of drug-likeness (QED) is 0.173. The van der Waals surface area contributed by atoms with Crippen molar-refractivity contribution in [2.24, 2.45) is 5.92 Å². The van der Waals surface area contributed by atoms with Crippen molar-refractivity contribution in [1.82, 2.24) is 15.0 Å². The van der Waals surface area contributed by atoms with E-state index in [0.717, 1.165) is 38.5 Å². The predicted octanol–water partition coefficient (Wildman–Crippen LogP) is 5.94. The first-order chi connectivity index (χ1) is 20.2. The predicted molar refractivity (Wildman–Crippen MR) is 166 cm³/mol. The van der Waals surface area contributed by atoms with E-state index in [-0.39, 0.29) is 29.0 Å². The molecule has 8 heteroatoms. The number of sulfonamides is 1. The minimum atomic E-state index is -3.77. The second-order valence-corrected chi connectivity index (χ2v) is 12.8. The summed E-state index contributed by atoms with van der Waals surface area (Å²) in [5, 5.41) is 17.0. The van der Waals surface area contributed by atoms with Crippen molar-refractivity contribution in [3.8, 4) is 0 Å². The SMILES string of the molecule is CC(C)C1NC(=O)C(C(c2ccccc2)c2[nH]c3ccccc3c2CCNS(=O)(=O)c2ccc3ccccc3c2)=C1O. The Labute approximate surface area is 245 Å². The van der Waals surface area contributed by atoms with Gasteiger partial charge < -0.3 is 15.4 Å². The highest BCUT2D eigenvalue weighted by Crippen LogP contribution is 2.40. The largest absolute Gasteiger partial charge is 0.510 e. The summed E-state index contributed by atoms with van der Waals surface area (Å²) < 4.78 is 29.4. The van der Waals surface area contributed by atoms with E-state index in [1.54, 1.807) is 12.1 Å². The van der Waals surface area contributed by atoms with E-state index >= 15 is 0 Å². The van der Waals surface area contributed by atoms with Gasteiger partial charge in [-0.25, -0.2) is 13.1 Å². The summed E-state index contributed by atoms with van der Waals surface area (Å²) in [7, 11) is -3.77. The standard InChI is InChI=1S/C34H33N3O4S/c1-21(2)31-33(38)30(34(39)37-31)29(23-11-4-3-5-12-23)32-27(26-14-8-9-15-28(26)36-32)18-19-35-42(40,41)25-17-16-22-10-6-7-13-24(22)20-25/h3-17,20-21,29,31,35-36,38H,18-19H2,1-2H3,(H,37,39). The van der Waals surface area contributed by atoms with Crippen LogP contribution in [0.2, 0.25) is 0 Å². The van der Waals surface area contributed by atoms with Crippen LogP contribution in [0.1, 0.15) is 36.6 Å². The first-order valence-electron chi connectivity index (χ1n) is 14.1. The molecule has 4 aromatic carbocycles. The molecule has 1 aliphatic heterocycles. The molecule has 0 aliphatic carbocycles. The molecule has 0 fully saturated rings. The Kier molecular flexibility index (Phi) is 7.35. The van der Waals surface area contributed by atoms with Crippen LogP contribution in [-0.4, -0.2) is 37.0 Å². The Morgan fingerprint density at radius 3 is 2.31 bits per heavy atom. The van der Waals surface area contributed by atoms with Gasteiger partial charge in [0.05, 0.1) is 22.4 Å².